The molecule has 1 fully saturated rings. The van der Waals surface area contributed by atoms with Gasteiger partial charge in [-0.1, -0.05) is 17.7 Å². The van der Waals surface area contributed by atoms with E-state index in [9.17, 15) is 23.3 Å². The van der Waals surface area contributed by atoms with Crippen LogP contribution >= 0.6 is 11.6 Å². The molecule has 10 heteroatoms. The molecule has 0 unspecified atom stereocenters. The minimum Gasteiger partial charge on any atom is -0.321 e. The fourth-order valence-electron chi connectivity index (χ4n) is 2.96. The van der Waals surface area contributed by atoms with Gasteiger partial charge in [-0.2, -0.15) is 4.31 Å². The molecule has 0 saturated carbocycles. The molecule has 1 heterocycles. The van der Waals surface area contributed by atoms with Crippen LogP contribution in [0.2, 0.25) is 5.02 Å². The highest BCUT2D eigenvalue weighted by Gasteiger charge is 2.28. The van der Waals surface area contributed by atoms with Crippen LogP contribution in [0.3, 0.4) is 0 Å². The van der Waals surface area contributed by atoms with Crippen molar-refractivity contribution >= 4 is 38.9 Å². The van der Waals surface area contributed by atoms with Crippen LogP contribution in [0.5, 0.6) is 0 Å². The Balaban J connectivity index is 1.92. The molecule has 28 heavy (non-hydrogen) atoms. The highest BCUT2D eigenvalue weighted by Crippen LogP contribution is 2.27. The normalized spacial score (nSPS) is 14.8. The second-order valence-corrected chi connectivity index (χ2v) is 8.81. The number of amides is 1. The van der Waals surface area contributed by atoms with Gasteiger partial charge in [-0.15, -0.1) is 0 Å². The van der Waals surface area contributed by atoms with Crippen LogP contribution < -0.4 is 5.32 Å². The number of nitro benzene ring substituents is 1. The van der Waals surface area contributed by atoms with E-state index in [0.717, 1.165) is 12.8 Å². The Morgan fingerprint density at radius 2 is 1.86 bits per heavy atom. The minimum atomic E-state index is -3.71. The van der Waals surface area contributed by atoms with Crippen molar-refractivity contribution in [3.8, 4) is 0 Å². The molecule has 8 nitrogen and oxygen atoms in total. The molecule has 1 amide bonds. The fourth-order valence-corrected chi connectivity index (χ4v) is 4.71. The van der Waals surface area contributed by atoms with E-state index in [1.807, 2.05) is 0 Å². The summed E-state index contributed by atoms with van der Waals surface area (Å²) in [5.41, 5.74) is 0.684. The monoisotopic (exact) mass is 423 g/mol. The van der Waals surface area contributed by atoms with Crippen molar-refractivity contribution in [2.75, 3.05) is 18.4 Å². The van der Waals surface area contributed by atoms with E-state index in [4.69, 9.17) is 11.6 Å². The second kappa shape index (κ2) is 7.86. The Morgan fingerprint density at radius 1 is 1.18 bits per heavy atom. The highest BCUT2D eigenvalue weighted by atomic mass is 35.5. The maximum absolute atomic E-state index is 12.7. The predicted molar refractivity (Wildman–Crippen MR) is 105 cm³/mol. The van der Waals surface area contributed by atoms with Crippen LogP contribution in [0.15, 0.2) is 41.3 Å². The molecule has 0 aromatic heterocycles. The Labute approximate surface area is 167 Å². The van der Waals surface area contributed by atoms with Gasteiger partial charge in [0.15, 0.2) is 0 Å². The molecule has 0 atom stereocenters. The number of anilines is 1. The lowest BCUT2D eigenvalue weighted by Gasteiger charge is -2.16. The summed E-state index contributed by atoms with van der Waals surface area (Å²) in [6.07, 6.45) is 1.60. The van der Waals surface area contributed by atoms with E-state index in [0.29, 0.717) is 18.7 Å². The lowest BCUT2D eigenvalue weighted by Crippen LogP contribution is -2.28. The largest absolute Gasteiger partial charge is 0.321 e. The predicted octanol–water partition coefficient (Wildman–Crippen LogP) is 3.59. The molecule has 148 valence electrons. The number of carbonyl (C=O) groups is 1. The van der Waals surface area contributed by atoms with E-state index in [2.05, 4.69) is 5.32 Å². The number of nitro groups is 1. The van der Waals surface area contributed by atoms with Gasteiger partial charge < -0.3 is 5.32 Å². The first-order valence-corrected chi connectivity index (χ1v) is 10.4. The molecule has 2 aromatic rings. The number of aryl methyl sites for hydroxylation is 1. The van der Waals surface area contributed by atoms with Crippen LogP contribution in [0.25, 0.3) is 0 Å². The van der Waals surface area contributed by atoms with E-state index in [1.165, 1.54) is 40.7 Å². The topological polar surface area (TPSA) is 110 Å². The van der Waals surface area contributed by atoms with E-state index < -0.39 is 20.9 Å². The molecule has 3 rings (SSSR count). The van der Waals surface area contributed by atoms with Gasteiger partial charge >= 0.3 is 0 Å². The SMILES string of the molecule is Cc1ccc([N+](=O)[O-])cc1NC(=O)c1cc(S(=O)(=O)N2CCCC2)ccc1Cl. The number of nitrogens with one attached hydrogen (secondary N) is 1. The molecule has 1 saturated heterocycles. The van der Waals surface area contributed by atoms with Crippen LogP contribution in [-0.4, -0.2) is 36.6 Å². The molecule has 0 radical (unpaired) electrons. The quantitative estimate of drug-likeness (QED) is 0.583. The summed E-state index contributed by atoms with van der Waals surface area (Å²) in [7, 11) is -3.71. The summed E-state index contributed by atoms with van der Waals surface area (Å²) < 4.78 is 26.8. The number of carbonyl (C=O) groups excluding carboxylic acids is 1. The first-order chi connectivity index (χ1) is 13.2. The van der Waals surface area contributed by atoms with E-state index in [-0.39, 0.29) is 26.9 Å². The molecule has 1 aliphatic heterocycles. The van der Waals surface area contributed by atoms with Crippen molar-refractivity contribution in [3.05, 3.63) is 62.7 Å². The first-order valence-electron chi connectivity index (χ1n) is 8.56. The number of nitrogens with zero attached hydrogens (tertiary/aromatic N) is 2. The molecule has 2 aromatic carbocycles. The van der Waals surface area contributed by atoms with Crippen molar-refractivity contribution < 1.29 is 18.1 Å². The van der Waals surface area contributed by atoms with Crippen molar-refractivity contribution in [2.45, 2.75) is 24.7 Å². The molecule has 1 N–H and O–H groups in total. The van der Waals surface area contributed by atoms with E-state index >= 15 is 0 Å². The lowest BCUT2D eigenvalue weighted by molar-refractivity contribution is -0.384. The highest BCUT2D eigenvalue weighted by molar-refractivity contribution is 7.89. The molecule has 1 aliphatic rings. The number of hydrogen-bond donors (Lipinski definition) is 1. The number of hydrogen-bond acceptors (Lipinski definition) is 5. The second-order valence-electron chi connectivity index (χ2n) is 6.46. The molecule has 0 bridgehead atoms. The number of halogens is 1. The summed E-state index contributed by atoms with van der Waals surface area (Å²) in [6.45, 7) is 2.58. The smallest absolute Gasteiger partial charge is 0.271 e. The zero-order valence-corrected chi connectivity index (χ0v) is 16.6. The van der Waals surface area contributed by atoms with Gasteiger partial charge in [0.05, 0.1) is 26.1 Å². The van der Waals surface area contributed by atoms with Crippen molar-refractivity contribution in [2.24, 2.45) is 0 Å². The van der Waals surface area contributed by atoms with Crippen LogP contribution in [0.1, 0.15) is 28.8 Å². The van der Waals surface area contributed by atoms with Crippen molar-refractivity contribution in [1.29, 1.82) is 0 Å². The third kappa shape index (κ3) is 4.01. The Bertz CT molecular complexity index is 1050. The Kier molecular flexibility index (Phi) is 5.69. The molecule has 0 spiro atoms. The van der Waals surface area contributed by atoms with Gasteiger partial charge in [-0.25, -0.2) is 8.42 Å². The number of benzene rings is 2. The average molecular weight is 424 g/mol. The first kappa shape index (κ1) is 20.2. The van der Waals surface area contributed by atoms with Gasteiger partial charge in [0.2, 0.25) is 10.0 Å². The van der Waals surface area contributed by atoms with Crippen LogP contribution in [-0.2, 0) is 10.0 Å². The standard InChI is InChI=1S/C18H18ClN3O5S/c1-12-4-5-13(22(24)25)10-17(12)20-18(23)15-11-14(6-7-16(15)19)28(26,27)21-8-2-3-9-21/h4-7,10-11H,2-3,8-9H2,1H3,(H,20,23). The van der Waals surface area contributed by atoms with Crippen LogP contribution in [0.4, 0.5) is 11.4 Å². The Hall–Kier alpha value is -2.49. The van der Waals surface area contributed by atoms with Gasteiger partial charge in [0.1, 0.15) is 0 Å². The zero-order chi connectivity index (χ0) is 20.5. The van der Waals surface area contributed by atoms with E-state index in [1.54, 1.807) is 6.92 Å². The summed E-state index contributed by atoms with van der Waals surface area (Å²) in [4.78, 5) is 23.1. The third-order valence-corrected chi connectivity index (χ3v) is 6.79. The minimum absolute atomic E-state index is 0.0142. The van der Waals surface area contributed by atoms with Crippen molar-refractivity contribution in [1.82, 2.24) is 4.31 Å². The average Bonchev–Trinajstić information content (AvgIpc) is 3.19. The van der Waals surface area contributed by atoms with Gasteiger partial charge in [0.25, 0.3) is 11.6 Å². The maximum atomic E-state index is 12.7. The molecular weight excluding hydrogens is 406 g/mol. The summed E-state index contributed by atoms with van der Waals surface area (Å²) in [5.74, 6) is -0.646. The summed E-state index contributed by atoms with van der Waals surface area (Å²) in [6, 6.07) is 8.06. The Morgan fingerprint density at radius 3 is 2.50 bits per heavy atom. The fraction of sp³-hybridized carbons (Fsp3) is 0.278. The summed E-state index contributed by atoms with van der Waals surface area (Å²) in [5, 5.41) is 13.6. The maximum Gasteiger partial charge on any atom is 0.271 e. The summed E-state index contributed by atoms with van der Waals surface area (Å²) >= 11 is 6.11. The zero-order valence-electron chi connectivity index (χ0n) is 15.0. The van der Waals surface area contributed by atoms with Crippen molar-refractivity contribution in [3.63, 3.8) is 0 Å². The number of sulfonamides is 1. The van der Waals surface area contributed by atoms with Crippen LogP contribution in [0, 0.1) is 17.0 Å². The third-order valence-electron chi connectivity index (χ3n) is 4.57. The molecule has 0 aliphatic carbocycles. The molecular formula is C18H18ClN3O5S. The van der Waals surface area contributed by atoms with Gasteiger partial charge in [0, 0.05) is 25.2 Å². The van der Waals surface area contributed by atoms with Gasteiger partial charge in [-0.05, 0) is 43.5 Å². The number of rotatable bonds is 5. The lowest BCUT2D eigenvalue weighted by atomic mass is 10.1. The van der Waals surface area contributed by atoms with Gasteiger partial charge in [-0.3, -0.25) is 14.9 Å². The number of non-ortho nitro benzene ring substituents is 1.